The van der Waals surface area contributed by atoms with Crippen LogP contribution in [-0.4, -0.2) is 104 Å². The molecule has 2 fully saturated rings. The maximum absolute atomic E-state index is 14.3. The molecule has 0 spiro atoms. The Balaban J connectivity index is 1.06. The van der Waals surface area contributed by atoms with E-state index >= 15 is 0 Å². The summed E-state index contributed by atoms with van der Waals surface area (Å²) in [5.41, 5.74) is 11.6. The SMILES string of the molecule is C=CCCC(=O)NCc1nc(C(=O)OC2[C@@H](COP(=O)([O-])OC3C[C@H](n4ccc(N)nc4=O)O[C@@H]3COP(=O)([O-])O)O[C@@H](n3cnc4c(N)ncnc43)[C@H]2O)c(-c2ccc(-n3cccc3)cc2)o1. The summed E-state index contributed by atoms with van der Waals surface area (Å²) < 4.78 is 67.7. The minimum Gasteiger partial charge on any atom is -0.756 e. The monoisotopic (exact) mass is 981 g/mol. The Morgan fingerprint density at radius 1 is 0.985 bits per heavy atom. The summed E-state index contributed by atoms with van der Waals surface area (Å²) in [6, 6.07) is 11.8. The molecule has 68 heavy (non-hydrogen) atoms. The van der Waals surface area contributed by atoms with Gasteiger partial charge in [0.1, 0.15) is 42.2 Å². The number of nitrogen functional groups attached to an aromatic ring is 2. The topological polar surface area (TPSA) is 384 Å². The van der Waals surface area contributed by atoms with Crippen molar-refractivity contribution in [2.45, 2.75) is 68.8 Å². The number of hydrogen-bond acceptors (Lipinski definition) is 22. The van der Waals surface area contributed by atoms with Crippen LogP contribution in [0.2, 0.25) is 0 Å². The summed E-state index contributed by atoms with van der Waals surface area (Å²) in [6.07, 6.45) is -2.17. The number of fused-ring (bicyclic) bond motifs is 1. The first kappa shape index (κ1) is 48.0. The van der Waals surface area contributed by atoms with Gasteiger partial charge in [-0.25, -0.2) is 29.5 Å². The molecular weight excluding hydrogens is 940 g/mol. The van der Waals surface area contributed by atoms with E-state index in [-0.39, 0.29) is 59.0 Å². The number of hydrogen-bond donors (Lipinski definition) is 5. The third kappa shape index (κ3) is 10.9. The second kappa shape index (κ2) is 20.0. The molecule has 1 aromatic carbocycles. The Morgan fingerprint density at radius 3 is 2.46 bits per heavy atom. The van der Waals surface area contributed by atoms with Crippen molar-refractivity contribution in [1.29, 1.82) is 0 Å². The van der Waals surface area contributed by atoms with Crippen molar-refractivity contribution in [3.8, 4) is 17.0 Å². The van der Waals surface area contributed by atoms with Gasteiger partial charge < -0.3 is 73.3 Å². The van der Waals surface area contributed by atoms with Gasteiger partial charge in [-0.2, -0.15) is 4.98 Å². The van der Waals surface area contributed by atoms with E-state index in [0.29, 0.717) is 12.0 Å². The van der Waals surface area contributed by atoms with Crippen molar-refractivity contribution in [2.75, 3.05) is 24.7 Å². The number of carbonyl (C=O) groups excluding carboxylic acids is 2. The maximum atomic E-state index is 14.3. The predicted octanol–water partition coefficient (Wildman–Crippen LogP) is 0.395. The largest absolute Gasteiger partial charge is 0.756 e. The number of ether oxygens (including phenoxy) is 3. The molecule has 1 amide bonds. The van der Waals surface area contributed by atoms with Crippen LogP contribution in [-0.2, 0) is 48.3 Å². The summed E-state index contributed by atoms with van der Waals surface area (Å²) in [4.78, 5) is 93.8. The van der Waals surface area contributed by atoms with E-state index in [0.717, 1.165) is 16.6 Å². The Bertz CT molecular complexity index is 2940. The van der Waals surface area contributed by atoms with E-state index in [1.54, 1.807) is 30.3 Å². The zero-order valence-electron chi connectivity index (χ0n) is 35.2. The smallest absolute Gasteiger partial charge is 0.361 e. The zero-order valence-corrected chi connectivity index (χ0v) is 37.0. The number of nitrogens with two attached hydrogens (primary N) is 2. The van der Waals surface area contributed by atoms with Gasteiger partial charge in [-0.1, -0.05) is 6.08 Å². The average molecular weight is 982 g/mol. The number of aromatic nitrogens is 8. The van der Waals surface area contributed by atoms with Crippen LogP contribution in [0.5, 0.6) is 0 Å². The number of nitrogens with zero attached hydrogens (tertiary/aromatic N) is 8. The molecule has 6 aromatic rings. The van der Waals surface area contributed by atoms with Crippen LogP contribution < -0.4 is 32.3 Å². The van der Waals surface area contributed by atoms with E-state index in [9.17, 15) is 43.3 Å². The van der Waals surface area contributed by atoms with Crippen LogP contribution in [0.25, 0.3) is 28.2 Å². The number of phosphoric acid groups is 2. The first-order valence-electron chi connectivity index (χ1n) is 20.4. The molecule has 7 N–H and O–H groups in total. The molecule has 2 aliphatic heterocycles. The van der Waals surface area contributed by atoms with Crippen LogP contribution in [0.15, 0.2) is 95.6 Å². The lowest BCUT2D eigenvalue weighted by atomic mass is 10.1. The van der Waals surface area contributed by atoms with E-state index in [1.165, 1.54) is 23.2 Å². The fourth-order valence-corrected chi connectivity index (χ4v) is 8.61. The number of aliphatic hydroxyl groups is 1. The number of benzene rings is 1. The number of carbonyl (C=O) groups is 2. The number of amides is 1. The molecule has 27 nitrogen and oxygen atoms in total. The fourth-order valence-electron chi connectivity index (χ4n) is 7.33. The van der Waals surface area contributed by atoms with Crippen LogP contribution in [0.3, 0.4) is 0 Å². The van der Waals surface area contributed by atoms with E-state index < -0.39 is 89.9 Å². The number of anilines is 2. The van der Waals surface area contributed by atoms with Crippen LogP contribution >= 0.6 is 15.6 Å². The molecule has 0 aliphatic carbocycles. The Hall–Kier alpha value is -6.48. The minimum absolute atomic E-state index is 0.0161. The van der Waals surface area contributed by atoms with Gasteiger partial charge in [0, 0.05) is 42.7 Å². The van der Waals surface area contributed by atoms with Crippen LogP contribution in [0, 0.1) is 0 Å². The summed E-state index contributed by atoms with van der Waals surface area (Å²) in [7, 11) is -10.9. The lowest BCUT2D eigenvalue weighted by Crippen LogP contribution is -2.39. The van der Waals surface area contributed by atoms with Crippen molar-refractivity contribution < 1.29 is 70.7 Å². The number of oxazole rings is 1. The first-order valence-corrected chi connectivity index (χ1v) is 23.3. The highest BCUT2D eigenvalue weighted by Crippen LogP contribution is 2.47. The van der Waals surface area contributed by atoms with Gasteiger partial charge in [0.15, 0.2) is 35.3 Å². The quantitative estimate of drug-likeness (QED) is 0.0416. The number of allylic oxidation sites excluding steroid dienone is 1. The standard InChI is InChI=1S/C39H43N11O16P2/c1-2-3-6-27(51)42-16-28-47-30(33(64-28)21-7-9-22(10-8-21)48-12-4-5-13-48)38(53)65-34-25(63-37(32(34)52)50-20-45-31-35(41)43-19-44-36(31)50)18-61-68(58,59)66-23-15-29(49-14-11-26(40)46-39(49)54)62-24(23)17-60-67(55,56)57/h2,4-5,7-14,19-20,23-25,29,32,34,37,52H,1,3,6,15-18H2,(H,42,51)(H,58,59)(H2,40,46,54)(H2,41,43,44)(H2,55,56,57)/p-2/t23?,24-,25-,29-,32+,34?,37-/m1/s1. The molecule has 5 aromatic heterocycles. The molecule has 29 heteroatoms. The van der Waals surface area contributed by atoms with Gasteiger partial charge in [0.25, 0.3) is 15.6 Å². The number of nitrogens with one attached hydrogen (secondary N) is 1. The summed E-state index contributed by atoms with van der Waals surface area (Å²) >= 11 is 0. The van der Waals surface area contributed by atoms with Gasteiger partial charge in [0.2, 0.25) is 11.8 Å². The number of esters is 1. The van der Waals surface area contributed by atoms with Crippen LogP contribution in [0.4, 0.5) is 11.6 Å². The fraction of sp³-hybridized carbons (Fsp3) is 0.333. The summed E-state index contributed by atoms with van der Waals surface area (Å²) in [5.74, 6) is -1.82. The molecule has 2 saturated heterocycles. The van der Waals surface area contributed by atoms with Gasteiger partial charge in [-0.15, -0.1) is 6.58 Å². The minimum atomic E-state index is -5.53. The molecule has 7 heterocycles. The maximum Gasteiger partial charge on any atom is 0.361 e. The summed E-state index contributed by atoms with van der Waals surface area (Å²) in [6.45, 7) is 1.44. The molecule has 0 bridgehead atoms. The second-order valence-corrected chi connectivity index (χ2v) is 17.7. The van der Waals surface area contributed by atoms with Gasteiger partial charge in [0.05, 0.1) is 32.2 Å². The highest BCUT2D eigenvalue weighted by molar-refractivity contribution is 7.46. The number of imidazole rings is 1. The van der Waals surface area contributed by atoms with Gasteiger partial charge >= 0.3 is 11.7 Å². The van der Waals surface area contributed by atoms with E-state index in [1.807, 2.05) is 29.1 Å². The highest BCUT2D eigenvalue weighted by atomic mass is 31.2. The number of phosphoric ester groups is 2. The second-order valence-electron chi connectivity index (χ2n) is 15.1. The molecule has 9 atom stereocenters. The average Bonchev–Trinajstić information content (AvgIpc) is 4.16. The van der Waals surface area contributed by atoms with Crippen molar-refractivity contribution >= 4 is 50.3 Å². The Kier molecular flexibility index (Phi) is 14.1. The third-order valence-corrected chi connectivity index (χ3v) is 12.0. The molecule has 0 radical (unpaired) electrons. The van der Waals surface area contributed by atoms with Crippen LogP contribution in [0.1, 0.15) is 48.1 Å². The van der Waals surface area contributed by atoms with E-state index in [2.05, 4.69) is 41.3 Å². The van der Waals surface area contributed by atoms with Gasteiger partial charge in [-0.3, -0.25) is 23.1 Å². The molecular formula is C39H41N11O16P2-2. The Morgan fingerprint density at radius 2 is 1.74 bits per heavy atom. The lowest BCUT2D eigenvalue weighted by Gasteiger charge is -2.30. The molecule has 360 valence electrons. The third-order valence-electron chi connectivity index (χ3n) is 10.5. The Labute approximate surface area is 383 Å². The first-order chi connectivity index (χ1) is 32.5. The lowest BCUT2D eigenvalue weighted by molar-refractivity contribution is -0.235. The van der Waals surface area contributed by atoms with Crippen molar-refractivity contribution in [3.63, 3.8) is 0 Å². The van der Waals surface area contributed by atoms with Gasteiger partial charge in [-0.05, 0) is 48.9 Å². The number of aliphatic hydroxyl groups excluding tert-OH is 1. The van der Waals surface area contributed by atoms with E-state index in [4.69, 9.17) is 39.1 Å². The number of rotatable bonds is 19. The zero-order chi connectivity index (χ0) is 48.3. The molecule has 4 unspecified atom stereocenters. The van der Waals surface area contributed by atoms with Crippen molar-refractivity contribution in [2.24, 2.45) is 0 Å². The summed E-state index contributed by atoms with van der Waals surface area (Å²) in [5, 5.41) is 14.5. The predicted molar refractivity (Wildman–Crippen MR) is 227 cm³/mol. The molecule has 2 aliphatic rings. The molecule has 0 saturated carbocycles. The molecule has 8 rings (SSSR count). The highest BCUT2D eigenvalue weighted by Gasteiger charge is 2.49. The van der Waals surface area contributed by atoms with Crippen molar-refractivity contribution in [1.82, 2.24) is 43.9 Å². The normalized spacial score (nSPS) is 23.3. The van der Waals surface area contributed by atoms with Crippen molar-refractivity contribution in [3.05, 3.63) is 108 Å².